The van der Waals surface area contributed by atoms with E-state index in [4.69, 9.17) is 21.6 Å². The third kappa shape index (κ3) is 2.44. The van der Waals surface area contributed by atoms with E-state index in [9.17, 15) is 9.90 Å². The van der Waals surface area contributed by atoms with E-state index in [2.05, 4.69) is 0 Å². The molecule has 1 rings (SSSR count). The van der Waals surface area contributed by atoms with E-state index in [1.165, 1.54) is 12.1 Å². The van der Waals surface area contributed by atoms with Gasteiger partial charge in [-0.3, -0.25) is 0 Å². The molecule has 0 aromatic heterocycles. The third-order valence-corrected chi connectivity index (χ3v) is 2.26. The largest absolute Gasteiger partial charge is 0.508 e. The summed E-state index contributed by atoms with van der Waals surface area (Å²) in [5, 5.41) is 18.4. The minimum atomic E-state index is -0.574. The van der Waals surface area contributed by atoms with Crippen LogP contribution in [-0.2, 0) is 10.6 Å². The molecule has 0 atom stereocenters. The molecule has 0 unspecified atom stereocenters. The predicted octanol–water partition coefficient (Wildman–Crippen LogP) is 2.18. The van der Waals surface area contributed by atoms with Gasteiger partial charge in [0.1, 0.15) is 5.75 Å². The molecule has 0 bridgehead atoms. The number of aromatic hydroxyl groups is 1. The number of nitriles is 1. The number of hydrogen-bond acceptors (Lipinski definition) is 4. The average Bonchev–Trinajstić information content (AvgIpc) is 2.28. The maximum absolute atomic E-state index is 11.4. The first-order valence-corrected chi connectivity index (χ1v) is 5.16. The molecule has 0 amide bonds. The van der Waals surface area contributed by atoms with Crippen LogP contribution in [0.4, 0.5) is 0 Å². The molecular formula is C11H10ClNO3. The number of halogens is 1. The Bertz CT molecular complexity index is 451. The van der Waals surface area contributed by atoms with Crippen LogP contribution in [0.1, 0.15) is 28.4 Å². The molecule has 0 saturated carbocycles. The van der Waals surface area contributed by atoms with E-state index < -0.39 is 5.97 Å². The van der Waals surface area contributed by atoms with Gasteiger partial charge in [-0.05, 0) is 19.1 Å². The highest BCUT2D eigenvalue weighted by molar-refractivity contribution is 6.17. The lowest BCUT2D eigenvalue weighted by atomic mass is 10.0. The fraction of sp³-hybridized carbons (Fsp3) is 0.273. The van der Waals surface area contributed by atoms with Gasteiger partial charge in [-0.25, -0.2) is 4.79 Å². The SMILES string of the molecule is CCOC(=O)c1cc(O)c(CCl)c(C#N)c1. The minimum Gasteiger partial charge on any atom is -0.508 e. The van der Waals surface area contributed by atoms with Crippen LogP contribution >= 0.6 is 11.6 Å². The zero-order valence-corrected chi connectivity index (χ0v) is 9.41. The number of carbonyl (C=O) groups is 1. The Morgan fingerprint density at radius 2 is 2.31 bits per heavy atom. The van der Waals surface area contributed by atoms with E-state index in [1.807, 2.05) is 6.07 Å². The lowest BCUT2D eigenvalue weighted by Crippen LogP contribution is -2.05. The molecule has 1 aromatic rings. The maximum Gasteiger partial charge on any atom is 0.338 e. The molecule has 0 aliphatic heterocycles. The van der Waals surface area contributed by atoms with Gasteiger partial charge in [0.25, 0.3) is 0 Å². The summed E-state index contributed by atoms with van der Waals surface area (Å²) in [4.78, 5) is 11.4. The lowest BCUT2D eigenvalue weighted by Gasteiger charge is -2.07. The van der Waals surface area contributed by atoms with Crippen molar-refractivity contribution in [3.8, 4) is 11.8 Å². The monoisotopic (exact) mass is 239 g/mol. The van der Waals surface area contributed by atoms with Gasteiger partial charge >= 0.3 is 5.97 Å². The molecular weight excluding hydrogens is 230 g/mol. The summed E-state index contributed by atoms with van der Waals surface area (Å²) < 4.78 is 4.76. The quantitative estimate of drug-likeness (QED) is 0.648. The zero-order chi connectivity index (χ0) is 12.1. The molecule has 1 aromatic carbocycles. The van der Waals surface area contributed by atoms with Gasteiger partial charge in [0.2, 0.25) is 0 Å². The Morgan fingerprint density at radius 1 is 1.62 bits per heavy atom. The molecule has 16 heavy (non-hydrogen) atoms. The van der Waals surface area contributed by atoms with E-state index >= 15 is 0 Å². The Hall–Kier alpha value is -1.73. The summed E-state index contributed by atoms with van der Waals surface area (Å²) in [6.07, 6.45) is 0. The van der Waals surface area contributed by atoms with Gasteiger partial charge in [-0.2, -0.15) is 5.26 Å². The van der Waals surface area contributed by atoms with Crippen LogP contribution in [0.25, 0.3) is 0 Å². The highest BCUT2D eigenvalue weighted by Gasteiger charge is 2.14. The van der Waals surface area contributed by atoms with Gasteiger partial charge in [-0.1, -0.05) is 0 Å². The molecule has 5 heteroatoms. The molecule has 0 heterocycles. The molecule has 84 valence electrons. The highest BCUT2D eigenvalue weighted by Crippen LogP contribution is 2.25. The molecule has 0 aliphatic carbocycles. The predicted molar refractivity (Wildman–Crippen MR) is 58.3 cm³/mol. The normalized spacial score (nSPS) is 9.56. The number of alkyl halides is 1. The van der Waals surface area contributed by atoms with Crippen molar-refractivity contribution in [1.82, 2.24) is 0 Å². The first kappa shape index (κ1) is 12.3. The summed E-state index contributed by atoms with van der Waals surface area (Å²) >= 11 is 5.58. The van der Waals surface area contributed by atoms with Crippen LogP contribution in [-0.4, -0.2) is 17.7 Å². The van der Waals surface area contributed by atoms with E-state index in [1.54, 1.807) is 6.92 Å². The van der Waals surface area contributed by atoms with Gasteiger partial charge in [-0.15, -0.1) is 11.6 Å². The van der Waals surface area contributed by atoms with Crippen LogP contribution in [0.3, 0.4) is 0 Å². The molecule has 0 aliphatic rings. The Balaban J connectivity index is 3.21. The first-order chi connectivity index (χ1) is 7.63. The van der Waals surface area contributed by atoms with Crippen molar-refractivity contribution in [2.45, 2.75) is 12.8 Å². The number of benzene rings is 1. The molecule has 1 N–H and O–H groups in total. The van der Waals surface area contributed by atoms with Crippen molar-refractivity contribution >= 4 is 17.6 Å². The van der Waals surface area contributed by atoms with Crippen LogP contribution in [0.15, 0.2) is 12.1 Å². The summed E-state index contributed by atoms with van der Waals surface area (Å²) in [5.41, 5.74) is 0.639. The zero-order valence-electron chi connectivity index (χ0n) is 8.66. The van der Waals surface area contributed by atoms with Crippen molar-refractivity contribution in [1.29, 1.82) is 5.26 Å². The third-order valence-electron chi connectivity index (χ3n) is 1.99. The average molecular weight is 240 g/mol. The second-order valence-electron chi connectivity index (χ2n) is 2.99. The van der Waals surface area contributed by atoms with E-state index in [0.717, 1.165) is 0 Å². The summed E-state index contributed by atoms with van der Waals surface area (Å²) in [5.74, 6) is -0.731. The smallest absolute Gasteiger partial charge is 0.338 e. The number of rotatable bonds is 3. The van der Waals surface area contributed by atoms with Crippen LogP contribution in [0.2, 0.25) is 0 Å². The fourth-order valence-corrected chi connectivity index (χ4v) is 1.51. The van der Waals surface area contributed by atoms with E-state index in [0.29, 0.717) is 5.56 Å². The fourth-order valence-electron chi connectivity index (χ4n) is 1.23. The van der Waals surface area contributed by atoms with Crippen molar-refractivity contribution in [3.05, 3.63) is 28.8 Å². The summed E-state index contributed by atoms with van der Waals surface area (Å²) in [6.45, 7) is 1.91. The Morgan fingerprint density at radius 3 is 2.81 bits per heavy atom. The molecule has 4 nitrogen and oxygen atoms in total. The van der Waals surface area contributed by atoms with Crippen molar-refractivity contribution < 1.29 is 14.6 Å². The molecule has 0 spiro atoms. The highest BCUT2D eigenvalue weighted by atomic mass is 35.5. The van der Waals surface area contributed by atoms with Gasteiger partial charge in [0, 0.05) is 5.56 Å². The van der Waals surface area contributed by atoms with Crippen molar-refractivity contribution in [2.75, 3.05) is 6.61 Å². The van der Waals surface area contributed by atoms with Gasteiger partial charge in [0.05, 0.1) is 29.7 Å². The van der Waals surface area contributed by atoms with Crippen LogP contribution < -0.4 is 0 Å². The number of ether oxygens (including phenoxy) is 1. The van der Waals surface area contributed by atoms with Crippen LogP contribution in [0.5, 0.6) is 5.75 Å². The Labute approximate surface area is 98.0 Å². The molecule has 0 radical (unpaired) electrons. The number of nitrogens with zero attached hydrogens (tertiary/aromatic N) is 1. The summed E-state index contributed by atoms with van der Waals surface area (Å²) in [6, 6.07) is 4.48. The number of phenols is 1. The van der Waals surface area contributed by atoms with Crippen molar-refractivity contribution in [3.63, 3.8) is 0 Å². The van der Waals surface area contributed by atoms with Gasteiger partial charge in [0.15, 0.2) is 0 Å². The van der Waals surface area contributed by atoms with Gasteiger partial charge < -0.3 is 9.84 Å². The lowest BCUT2D eigenvalue weighted by molar-refractivity contribution is 0.0526. The number of carbonyl (C=O) groups excluding carboxylic acids is 1. The van der Waals surface area contributed by atoms with Crippen molar-refractivity contribution in [2.24, 2.45) is 0 Å². The summed E-state index contributed by atoms with van der Waals surface area (Å²) in [7, 11) is 0. The second-order valence-corrected chi connectivity index (χ2v) is 3.25. The Kier molecular flexibility index (Phi) is 4.15. The maximum atomic E-state index is 11.4. The van der Waals surface area contributed by atoms with E-state index in [-0.39, 0.29) is 29.4 Å². The minimum absolute atomic E-state index is 0.0117. The molecule has 0 fully saturated rings. The van der Waals surface area contributed by atoms with Crippen LogP contribution in [0, 0.1) is 11.3 Å². The number of phenolic OH excluding ortho intramolecular Hbond substituents is 1. The number of esters is 1. The second kappa shape index (κ2) is 5.38. The topological polar surface area (TPSA) is 70.3 Å². The molecule has 0 saturated heterocycles. The standard InChI is InChI=1S/C11H10ClNO3/c1-2-16-11(15)7-3-8(6-13)9(5-12)10(14)4-7/h3-4,14H,2,5H2,1H3. The first-order valence-electron chi connectivity index (χ1n) is 4.63. The number of hydrogen-bond donors (Lipinski definition) is 1.